The first-order valence-corrected chi connectivity index (χ1v) is 11.2. The third-order valence-electron chi connectivity index (χ3n) is 5.59. The molecule has 0 aliphatic heterocycles. The monoisotopic (exact) mass is 489 g/mol. The summed E-state index contributed by atoms with van der Waals surface area (Å²) in [7, 11) is 0. The molecule has 0 bridgehead atoms. The highest BCUT2D eigenvalue weighted by atomic mass is 16.6. The molecule has 0 saturated heterocycles. The van der Waals surface area contributed by atoms with Crippen LogP contribution in [0.25, 0.3) is 0 Å². The molecule has 2 N–H and O–H groups in total. The molecule has 0 aliphatic carbocycles. The van der Waals surface area contributed by atoms with Gasteiger partial charge in [-0.05, 0) is 75.2 Å². The normalized spacial score (nSPS) is 12.2. The van der Waals surface area contributed by atoms with Crippen LogP contribution in [0.1, 0.15) is 43.0 Å². The van der Waals surface area contributed by atoms with Crippen molar-refractivity contribution < 1.29 is 33.8 Å². The van der Waals surface area contributed by atoms with E-state index in [2.05, 4.69) is 5.32 Å². The summed E-state index contributed by atoms with van der Waals surface area (Å²) in [5.74, 6) is -4.51. The van der Waals surface area contributed by atoms with Gasteiger partial charge in [0.2, 0.25) is 12.2 Å². The average molecular weight is 490 g/mol. The Hall–Kier alpha value is -4.46. The van der Waals surface area contributed by atoms with Crippen molar-refractivity contribution in [2.45, 2.75) is 39.9 Å². The number of carboxylic acids is 1. The molecule has 0 aromatic heterocycles. The molecule has 3 rings (SSSR count). The van der Waals surface area contributed by atoms with E-state index in [9.17, 15) is 24.3 Å². The number of aliphatic carboxylic acids is 1. The number of esters is 2. The van der Waals surface area contributed by atoms with Gasteiger partial charge in [0.1, 0.15) is 0 Å². The van der Waals surface area contributed by atoms with Gasteiger partial charge in [-0.25, -0.2) is 14.4 Å². The fraction of sp³-hybridized carbons (Fsp3) is 0.214. The van der Waals surface area contributed by atoms with E-state index in [4.69, 9.17) is 9.47 Å². The van der Waals surface area contributed by atoms with Crippen LogP contribution in [0, 0.1) is 27.7 Å². The van der Waals surface area contributed by atoms with Gasteiger partial charge in [0, 0.05) is 5.69 Å². The number of rotatable bonds is 8. The van der Waals surface area contributed by atoms with E-state index in [1.807, 2.05) is 27.7 Å². The van der Waals surface area contributed by atoms with Crippen molar-refractivity contribution in [1.29, 1.82) is 0 Å². The van der Waals surface area contributed by atoms with E-state index in [1.165, 1.54) is 24.3 Å². The Kier molecular flexibility index (Phi) is 8.22. The number of hydrogen-bond donors (Lipinski definition) is 2. The van der Waals surface area contributed by atoms with Crippen LogP contribution >= 0.6 is 0 Å². The lowest BCUT2D eigenvalue weighted by Gasteiger charge is -2.24. The smallest absolute Gasteiger partial charge is 0.349 e. The molecule has 0 spiro atoms. The highest BCUT2D eigenvalue weighted by Crippen LogP contribution is 2.18. The maximum atomic E-state index is 13.2. The minimum Gasteiger partial charge on any atom is -0.478 e. The fourth-order valence-corrected chi connectivity index (χ4v) is 3.27. The van der Waals surface area contributed by atoms with Gasteiger partial charge in [0.15, 0.2) is 0 Å². The van der Waals surface area contributed by atoms with Gasteiger partial charge in [-0.15, -0.1) is 0 Å². The van der Waals surface area contributed by atoms with E-state index in [0.717, 1.165) is 22.3 Å². The van der Waals surface area contributed by atoms with Crippen molar-refractivity contribution in [2.24, 2.45) is 0 Å². The largest absolute Gasteiger partial charge is 0.478 e. The van der Waals surface area contributed by atoms with Crippen LogP contribution in [0.2, 0.25) is 0 Å². The van der Waals surface area contributed by atoms with Gasteiger partial charge < -0.3 is 19.9 Å². The molecule has 186 valence electrons. The summed E-state index contributed by atoms with van der Waals surface area (Å²) in [6, 6.07) is 17.7. The molecule has 1 amide bonds. The number of amides is 1. The Morgan fingerprint density at radius 1 is 0.667 bits per heavy atom. The molecule has 3 aromatic carbocycles. The Labute approximate surface area is 208 Å². The van der Waals surface area contributed by atoms with Crippen molar-refractivity contribution in [1.82, 2.24) is 0 Å². The second-order valence-corrected chi connectivity index (χ2v) is 8.51. The number of aryl methyl sites for hydroxylation is 4. The van der Waals surface area contributed by atoms with Gasteiger partial charge in [-0.3, -0.25) is 4.79 Å². The summed E-state index contributed by atoms with van der Waals surface area (Å²) in [5.41, 5.74) is 4.23. The second-order valence-electron chi connectivity index (χ2n) is 8.51. The first-order valence-electron chi connectivity index (χ1n) is 11.2. The Balaban J connectivity index is 1.92. The van der Waals surface area contributed by atoms with Crippen LogP contribution in [0.5, 0.6) is 0 Å². The van der Waals surface area contributed by atoms with E-state index in [1.54, 1.807) is 42.5 Å². The standard InChI is InChI=1S/C28H27NO7/c1-16-5-10-20(11-6-16)27(33)35-23(25(30)29-22-14-9-18(3)19(4)15-22)24(26(31)32)36-28(34)21-12-7-17(2)8-13-21/h5-15,23-24H,1-4H3,(H,29,30)(H,31,32)/t23-,24+/m1/s1. The molecule has 0 radical (unpaired) electrons. The average Bonchev–Trinajstić information content (AvgIpc) is 2.84. The van der Waals surface area contributed by atoms with Crippen LogP contribution in [0.3, 0.4) is 0 Å². The first kappa shape index (κ1) is 26.2. The summed E-state index contributed by atoms with van der Waals surface area (Å²) in [5, 5.41) is 12.4. The lowest BCUT2D eigenvalue weighted by molar-refractivity contribution is -0.157. The van der Waals surface area contributed by atoms with Gasteiger partial charge >= 0.3 is 17.9 Å². The number of ether oxygens (including phenoxy) is 2. The molecule has 8 heteroatoms. The van der Waals surface area contributed by atoms with Crippen LogP contribution in [0.4, 0.5) is 5.69 Å². The molecule has 0 aliphatic rings. The summed E-state index contributed by atoms with van der Waals surface area (Å²) in [6.07, 6.45) is -4.06. The minimum absolute atomic E-state index is 0.0880. The lowest BCUT2D eigenvalue weighted by Crippen LogP contribution is -2.48. The van der Waals surface area contributed by atoms with Crippen LogP contribution in [-0.2, 0) is 19.1 Å². The molecule has 0 fully saturated rings. The summed E-state index contributed by atoms with van der Waals surface area (Å²) < 4.78 is 10.5. The molecule has 36 heavy (non-hydrogen) atoms. The molecule has 0 saturated carbocycles. The number of carbonyl (C=O) groups is 4. The van der Waals surface area contributed by atoms with Crippen LogP contribution in [-0.4, -0.2) is 41.1 Å². The molecule has 8 nitrogen and oxygen atoms in total. The summed E-state index contributed by atoms with van der Waals surface area (Å²) >= 11 is 0. The Morgan fingerprint density at radius 3 is 1.58 bits per heavy atom. The second kappa shape index (κ2) is 11.3. The summed E-state index contributed by atoms with van der Waals surface area (Å²) in [4.78, 5) is 50.8. The third-order valence-corrected chi connectivity index (χ3v) is 5.59. The lowest BCUT2D eigenvalue weighted by atomic mass is 10.1. The minimum atomic E-state index is -2.10. The van der Waals surface area contributed by atoms with Crippen LogP contribution < -0.4 is 5.32 Å². The van der Waals surface area contributed by atoms with Gasteiger partial charge in [-0.2, -0.15) is 0 Å². The van der Waals surface area contributed by atoms with Gasteiger partial charge in [-0.1, -0.05) is 41.5 Å². The first-order chi connectivity index (χ1) is 17.0. The predicted molar refractivity (Wildman–Crippen MR) is 133 cm³/mol. The van der Waals surface area contributed by atoms with Crippen LogP contribution in [0.15, 0.2) is 66.7 Å². The molecule has 0 unspecified atom stereocenters. The molecular weight excluding hydrogens is 462 g/mol. The topological polar surface area (TPSA) is 119 Å². The summed E-state index contributed by atoms with van der Waals surface area (Å²) in [6.45, 7) is 7.41. The predicted octanol–water partition coefficient (Wildman–Crippen LogP) is 4.39. The van der Waals surface area contributed by atoms with Crippen molar-refractivity contribution in [3.05, 3.63) is 100 Å². The van der Waals surface area contributed by atoms with Gasteiger partial charge in [0.05, 0.1) is 11.1 Å². The zero-order chi connectivity index (χ0) is 26.4. The van der Waals surface area contributed by atoms with Crippen molar-refractivity contribution in [3.63, 3.8) is 0 Å². The zero-order valence-electron chi connectivity index (χ0n) is 20.4. The molecular formula is C28H27NO7. The van der Waals surface area contributed by atoms with Gasteiger partial charge in [0.25, 0.3) is 5.91 Å². The van der Waals surface area contributed by atoms with E-state index in [0.29, 0.717) is 5.69 Å². The third kappa shape index (κ3) is 6.56. The number of anilines is 1. The SMILES string of the molecule is Cc1ccc(C(=O)O[C@H](C(=O)O)[C@@H](OC(=O)c2ccc(C)cc2)C(=O)Nc2ccc(C)c(C)c2)cc1. The van der Waals surface area contributed by atoms with Crippen molar-refractivity contribution in [2.75, 3.05) is 5.32 Å². The highest BCUT2D eigenvalue weighted by Gasteiger charge is 2.41. The quantitative estimate of drug-likeness (QED) is 0.450. The van der Waals surface area contributed by atoms with E-state index < -0.39 is 36.0 Å². The number of carbonyl (C=O) groups excluding carboxylic acids is 3. The molecule has 0 heterocycles. The highest BCUT2D eigenvalue weighted by molar-refractivity contribution is 6.01. The maximum absolute atomic E-state index is 13.2. The fourth-order valence-electron chi connectivity index (χ4n) is 3.27. The molecule has 2 atom stereocenters. The zero-order valence-corrected chi connectivity index (χ0v) is 20.4. The number of hydrogen-bond acceptors (Lipinski definition) is 6. The maximum Gasteiger partial charge on any atom is 0.349 e. The Morgan fingerprint density at radius 2 is 1.14 bits per heavy atom. The van der Waals surface area contributed by atoms with E-state index >= 15 is 0 Å². The molecule has 3 aromatic rings. The van der Waals surface area contributed by atoms with E-state index in [-0.39, 0.29) is 11.1 Å². The Bertz CT molecular complexity index is 1280. The van der Waals surface area contributed by atoms with Crippen molar-refractivity contribution >= 4 is 29.5 Å². The number of carboxylic acid groups (broad SMARTS) is 1. The number of nitrogens with one attached hydrogen (secondary N) is 1. The number of benzene rings is 3. The van der Waals surface area contributed by atoms with Crippen molar-refractivity contribution in [3.8, 4) is 0 Å².